The van der Waals surface area contributed by atoms with Crippen LogP contribution in [-0.4, -0.2) is 54.5 Å². The summed E-state index contributed by atoms with van der Waals surface area (Å²) in [7, 11) is 2.11. The number of amides is 1. The average molecular weight is 155 g/mol. The Kier molecular flexibility index (Phi) is 1.40. The average Bonchev–Trinajstić information content (AvgIpc) is 1.91. The number of carbonyl (C=O) groups excluding carboxylic acids is 1. The highest BCUT2D eigenvalue weighted by Crippen LogP contribution is 2.30. The minimum Gasteiger partial charge on any atom is -0.369 e. The number of hydrogen-bond acceptors (Lipinski definition) is 3. The number of likely N-dealkylation sites (N-methyl/N-ethyl adjacent to an activating group) is 1. The van der Waals surface area contributed by atoms with Crippen LogP contribution in [0, 0.1) is 0 Å². The van der Waals surface area contributed by atoms with Crippen molar-refractivity contribution >= 4 is 5.91 Å². The summed E-state index contributed by atoms with van der Waals surface area (Å²) in [6.07, 6.45) is 0. The van der Waals surface area contributed by atoms with Gasteiger partial charge in [-0.05, 0) is 7.05 Å². The molecule has 2 aliphatic heterocycles. The number of carbonyl (C=O) groups is 1. The SMILES string of the molecule is CN1CC2[C@H]1CN2CC(N)=O. The predicted molar refractivity (Wildman–Crippen MR) is 41.0 cm³/mol. The third-order valence-corrected chi connectivity index (χ3v) is 2.73. The number of fused-ring (bicyclic) bond motifs is 1. The van der Waals surface area contributed by atoms with Gasteiger partial charge in [-0.1, -0.05) is 0 Å². The first-order valence-electron chi connectivity index (χ1n) is 3.91. The Labute approximate surface area is 65.9 Å². The lowest BCUT2D eigenvalue weighted by Gasteiger charge is -2.60. The van der Waals surface area contributed by atoms with Crippen LogP contribution in [0.3, 0.4) is 0 Å². The minimum absolute atomic E-state index is 0.210. The van der Waals surface area contributed by atoms with Gasteiger partial charge in [-0.15, -0.1) is 0 Å². The molecule has 0 spiro atoms. The monoisotopic (exact) mass is 155 g/mol. The molecule has 0 bridgehead atoms. The van der Waals surface area contributed by atoms with Crippen LogP contribution in [0.25, 0.3) is 0 Å². The summed E-state index contributed by atoms with van der Waals surface area (Å²) in [6, 6.07) is 1.32. The Morgan fingerprint density at radius 2 is 2.27 bits per heavy atom. The quantitative estimate of drug-likeness (QED) is 0.526. The summed E-state index contributed by atoms with van der Waals surface area (Å²) in [5.41, 5.74) is 5.08. The smallest absolute Gasteiger partial charge is 0.231 e. The van der Waals surface area contributed by atoms with Crippen molar-refractivity contribution in [2.24, 2.45) is 5.73 Å². The largest absolute Gasteiger partial charge is 0.369 e. The van der Waals surface area contributed by atoms with E-state index in [1.54, 1.807) is 0 Å². The minimum atomic E-state index is -0.210. The molecule has 2 N–H and O–H groups in total. The Hall–Kier alpha value is -0.610. The Balaban J connectivity index is 1.81. The van der Waals surface area contributed by atoms with Crippen molar-refractivity contribution < 1.29 is 4.79 Å². The Morgan fingerprint density at radius 3 is 2.64 bits per heavy atom. The number of likely N-dealkylation sites (tertiary alicyclic amines) is 2. The lowest BCUT2D eigenvalue weighted by molar-refractivity contribution is -0.135. The summed E-state index contributed by atoms with van der Waals surface area (Å²) in [6.45, 7) is 2.55. The van der Waals surface area contributed by atoms with Crippen molar-refractivity contribution in [3.8, 4) is 0 Å². The maximum Gasteiger partial charge on any atom is 0.231 e. The maximum absolute atomic E-state index is 10.5. The summed E-state index contributed by atoms with van der Waals surface area (Å²) in [4.78, 5) is 15.0. The van der Waals surface area contributed by atoms with E-state index in [1.165, 1.54) is 0 Å². The number of hydrogen-bond donors (Lipinski definition) is 1. The van der Waals surface area contributed by atoms with Gasteiger partial charge in [0.15, 0.2) is 0 Å². The molecule has 0 aromatic carbocycles. The zero-order valence-corrected chi connectivity index (χ0v) is 6.66. The third kappa shape index (κ3) is 0.937. The molecule has 2 atom stereocenters. The van der Waals surface area contributed by atoms with Crippen molar-refractivity contribution in [1.29, 1.82) is 0 Å². The number of piperazine rings is 1. The molecule has 4 heteroatoms. The first-order chi connectivity index (χ1) is 5.18. The fraction of sp³-hybridized carbons (Fsp3) is 0.857. The van der Waals surface area contributed by atoms with Crippen LogP contribution in [0.2, 0.25) is 0 Å². The molecule has 0 aliphatic carbocycles. The standard InChI is InChI=1S/C7H13N3O/c1-9-2-6-5(9)3-10(6)4-7(8)11/h5-6H,2-4H2,1H3,(H2,8,11)/t5-,6?/m1/s1. The van der Waals surface area contributed by atoms with Gasteiger partial charge in [0, 0.05) is 25.2 Å². The van der Waals surface area contributed by atoms with Crippen LogP contribution >= 0.6 is 0 Å². The highest BCUT2D eigenvalue weighted by Gasteiger charge is 2.49. The van der Waals surface area contributed by atoms with Crippen molar-refractivity contribution in [1.82, 2.24) is 9.80 Å². The molecular weight excluding hydrogens is 142 g/mol. The van der Waals surface area contributed by atoms with Crippen molar-refractivity contribution in [2.45, 2.75) is 12.1 Å². The first-order valence-corrected chi connectivity index (χ1v) is 3.91. The van der Waals surface area contributed by atoms with E-state index in [0.717, 1.165) is 13.1 Å². The molecule has 0 saturated carbocycles. The molecule has 62 valence electrons. The highest BCUT2D eigenvalue weighted by molar-refractivity contribution is 5.76. The second-order valence-corrected chi connectivity index (χ2v) is 3.47. The van der Waals surface area contributed by atoms with Gasteiger partial charge in [0.1, 0.15) is 0 Å². The summed E-state index contributed by atoms with van der Waals surface area (Å²) in [5, 5.41) is 0. The van der Waals surface area contributed by atoms with Gasteiger partial charge >= 0.3 is 0 Å². The van der Waals surface area contributed by atoms with Gasteiger partial charge in [-0.2, -0.15) is 0 Å². The molecule has 2 fully saturated rings. The van der Waals surface area contributed by atoms with Crippen LogP contribution in [0.15, 0.2) is 0 Å². The summed E-state index contributed by atoms with van der Waals surface area (Å²) >= 11 is 0. The normalized spacial score (nSPS) is 37.2. The fourth-order valence-corrected chi connectivity index (χ4v) is 1.95. The van der Waals surface area contributed by atoms with Crippen molar-refractivity contribution in [3.05, 3.63) is 0 Å². The zero-order chi connectivity index (χ0) is 8.01. The highest BCUT2D eigenvalue weighted by atomic mass is 16.1. The molecule has 4 nitrogen and oxygen atoms in total. The van der Waals surface area contributed by atoms with E-state index in [-0.39, 0.29) is 5.91 Å². The molecule has 2 rings (SSSR count). The first kappa shape index (κ1) is 7.06. The molecule has 0 aromatic heterocycles. The van der Waals surface area contributed by atoms with Gasteiger partial charge in [0.2, 0.25) is 5.91 Å². The summed E-state index contributed by atoms with van der Waals surface area (Å²) < 4.78 is 0. The molecule has 2 saturated heterocycles. The van der Waals surface area contributed by atoms with Crippen LogP contribution in [0.1, 0.15) is 0 Å². The van der Waals surface area contributed by atoms with E-state index >= 15 is 0 Å². The summed E-state index contributed by atoms with van der Waals surface area (Å²) in [5.74, 6) is -0.210. The number of nitrogens with zero attached hydrogens (tertiary/aromatic N) is 2. The van der Waals surface area contributed by atoms with E-state index in [0.29, 0.717) is 18.6 Å². The van der Waals surface area contributed by atoms with Gasteiger partial charge in [0.05, 0.1) is 6.54 Å². The van der Waals surface area contributed by atoms with Crippen LogP contribution in [0.4, 0.5) is 0 Å². The van der Waals surface area contributed by atoms with E-state index in [2.05, 4.69) is 16.8 Å². The van der Waals surface area contributed by atoms with E-state index in [4.69, 9.17) is 5.73 Å². The topological polar surface area (TPSA) is 49.6 Å². The van der Waals surface area contributed by atoms with E-state index < -0.39 is 0 Å². The lowest BCUT2D eigenvalue weighted by Crippen LogP contribution is -2.78. The second kappa shape index (κ2) is 2.19. The van der Waals surface area contributed by atoms with E-state index in [1.807, 2.05) is 0 Å². The zero-order valence-electron chi connectivity index (χ0n) is 6.66. The number of nitrogens with two attached hydrogens (primary N) is 1. The second-order valence-electron chi connectivity index (χ2n) is 3.47. The van der Waals surface area contributed by atoms with Crippen molar-refractivity contribution in [2.75, 3.05) is 26.7 Å². The van der Waals surface area contributed by atoms with Crippen molar-refractivity contribution in [3.63, 3.8) is 0 Å². The number of primary amides is 1. The molecule has 1 unspecified atom stereocenters. The number of rotatable bonds is 2. The molecule has 2 heterocycles. The van der Waals surface area contributed by atoms with Gasteiger partial charge in [-0.3, -0.25) is 14.6 Å². The molecular formula is C7H13N3O. The van der Waals surface area contributed by atoms with Gasteiger partial charge < -0.3 is 5.73 Å². The predicted octanol–water partition coefficient (Wildman–Crippen LogP) is -1.53. The lowest BCUT2D eigenvalue weighted by atomic mass is 9.86. The Morgan fingerprint density at radius 1 is 1.55 bits per heavy atom. The fourth-order valence-electron chi connectivity index (χ4n) is 1.95. The van der Waals surface area contributed by atoms with Gasteiger partial charge in [-0.25, -0.2) is 0 Å². The van der Waals surface area contributed by atoms with E-state index in [9.17, 15) is 4.79 Å². The maximum atomic E-state index is 10.5. The molecule has 1 amide bonds. The van der Waals surface area contributed by atoms with Gasteiger partial charge in [0.25, 0.3) is 0 Å². The van der Waals surface area contributed by atoms with Crippen LogP contribution in [0.5, 0.6) is 0 Å². The molecule has 0 radical (unpaired) electrons. The molecule has 0 aromatic rings. The third-order valence-electron chi connectivity index (χ3n) is 2.73. The molecule has 11 heavy (non-hydrogen) atoms. The van der Waals surface area contributed by atoms with Crippen LogP contribution < -0.4 is 5.73 Å². The molecule has 2 aliphatic rings. The Bertz CT molecular complexity index is 194. The van der Waals surface area contributed by atoms with Crippen LogP contribution in [-0.2, 0) is 4.79 Å².